The zero-order valence-electron chi connectivity index (χ0n) is 16.9. The van der Waals surface area contributed by atoms with Gasteiger partial charge in [0.2, 0.25) is 0 Å². The lowest BCUT2D eigenvalue weighted by molar-refractivity contribution is -0.145. The summed E-state index contributed by atoms with van der Waals surface area (Å²) in [5, 5.41) is 0. The highest BCUT2D eigenvalue weighted by Gasteiger charge is 2.03. The Hall–Kier alpha value is -1.51. The van der Waals surface area contributed by atoms with Crippen LogP contribution >= 0.6 is 0 Å². The highest BCUT2D eigenvalue weighted by atomic mass is 16.5. The molecule has 3 heteroatoms. The number of carbonyl (C=O) groups is 1. The van der Waals surface area contributed by atoms with Crippen molar-refractivity contribution in [2.45, 2.75) is 97.0 Å². The Morgan fingerprint density at radius 3 is 1.77 bits per heavy atom. The molecule has 0 atom stereocenters. The lowest BCUT2D eigenvalue weighted by Gasteiger charge is -2.06. The molecular weight excluding hydrogens is 324 g/mol. The Morgan fingerprint density at radius 2 is 1.27 bits per heavy atom. The van der Waals surface area contributed by atoms with Gasteiger partial charge in [-0.1, -0.05) is 89.7 Å². The van der Waals surface area contributed by atoms with Crippen LogP contribution in [-0.4, -0.2) is 13.1 Å². The molecule has 0 spiro atoms. The fourth-order valence-corrected chi connectivity index (χ4v) is 3.07. The first-order valence-corrected chi connectivity index (χ1v) is 10.5. The fourth-order valence-electron chi connectivity index (χ4n) is 3.07. The Kier molecular flexibility index (Phi) is 13.6. The molecule has 26 heavy (non-hydrogen) atoms. The van der Waals surface area contributed by atoms with Gasteiger partial charge in [-0.05, 0) is 24.1 Å². The second-order valence-corrected chi connectivity index (χ2v) is 7.15. The van der Waals surface area contributed by atoms with Crippen molar-refractivity contribution in [1.82, 2.24) is 0 Å². The van der Waals surface area contributed by atoms with E-state index in [0.29, 0.717) is 13.0 Å². The minimum absolute atomic E-state index is 0.0899. The first-order chi connectivity index (χ1) is 12.8. The zero-order chi connectivity index (χ0) is 18.9. The SMILES string of the molecule is CCCCCCCCCCCCCCC(=O)OCc1ccc(OC)cc1. The summed E-state index contributed by atoms with van der Waals surface area (Å²) in [4.78, 5) is 11.8. The molecule has 0 aromatic heterocycles. The third kappa shape index (κ3) is 11.9. The quantitative estimate of drug-likeness (QED) is 0.239. The second kappa shape index (κ2) is 15.7. The van der Waals surface area contributed by atoms with E-state index in [2.05, 4.69) is 6.92 Å². The fraction of sp³-hybridized carbons (Fsp3) is 0.696. The summed E-state index contributed by atoms with van der Waals surface area (Å²) < 4.78 is 10.4. The molecule has 0 aliphatic heterocycles. The number of unbranched alkanes of at least 4 members (excludes halogenated alkanes) is 11. The largest absolute Gasteiger partial charge is 0.497 e. The Balaban J connectivity index is 1.89. The molecule has 3 nitrogen and oxygen atoms in total. The van der Waals surface area contributed by atoms with Crippen LogP contribution in [0.1, 0.15) is 96.0 Å². The van der Waals surface area contributed by atoms with E-state index >= 15 is 0 Å². The molecule has 0 amide bonds. The number of hydrogen-bond acceptors (Lipinski definition) is 3. The maximum atomic E-state index is 11.8. The number of hydrogen-bond donors (Lipinski definition) is 0. The molecule has 0 heterocycles. The molecule has 0 radical (unpaired) electrons. The monoisotopic (exact) mass is 362 g/mol. The Labute approximate surface area is 160 Å². The average molecular weight is 363 g/mol. The third-order valence-electron chi connectivity index (χ3n) is 4.79. The number of esters is 1. The van der Waals surface area contributed by atoms with Gasteiger partial charge in [0.1, 0.15) is 12.4 Å². The summed E-state index contributed by atoms with van der Waals surface area (Å²) in [5.74, 6) is 0.726. The normalized spacial score (nSPS) is 10.7. The predicted molar refractivity (Wildman–Crippen MR) is 108 cm³/mol. The van der Waals surface area contributed by atoms with Gasteiger partial charge in [-0.25, -0.2) is 0 Å². The highest BCUT2D eigenvalue weighted by molar-refractivity contribution is 5.69. The van der Waals surface area contributed by atoms with Gasteiger partial charge >= 0.3 is 5.97 Å². The van der Waals surface area contributed by atoms with Crippen LogP contribution in [0.3, 0.4) is 0 Å². The van der Waals surface area contributed by atoms with Crippen LogP contribution in [0.4, 0.5) is 0 Å². The number of ether oxygens (including phenoxy) is 2. The van der Waals surface area contributed by atoms with Crippen LogP contribution in [0.5, 0.6) is 5.75 Å². The number of methoxy groups -OCH3 is 1. The van der Waals surface area contributed by atoms with Crippen LogP contribution in [0.25, 0.3) is 0 Å². The standard InChI is InChI=1S/C23H38O3/c1-3-4-5-6-7-8-9-10-11-12-13-14-15-23(24)26-20-21-16-18-22(25-2)19-17-21/h16-19H,3-15,20H2,1-2H3. The smallest absolute Gasteiger partial charge is 0.306 e. The molecule has 148 valence electrons. The van der Waals surface area contributed by atoms with Gasteiger partial charge in [0.05, 0.1) is 7.11 Å². The summed E-state index contributed by atoms with van der Waals surface area (Å²) in [6.07, 6.45) is 16.2. The van der Waals surface area contributed by atoms with Crippen molar-refractivity contribution in [1.29, 1.82) is 0 Å². The lowest BCUT2D eigenvalue weighted by atomic mass is 10.0. The van der Waals surface area contributed by atoms with Crippen molar-refractivity contribution in [3.8, 4) is 5.75 Å². The molecule has 0 N–H and O–H groups in total. The summed E-state index contributed by atoms with van der Waals surface area (Å²) in [6, 6.07) is 7.62. The number of benzene rings is 1. The molecule has 0 unspecified atom stereocenters. The molecule has 0 bridgehead atoms. The molecule has 0 aliphatic rings. The van der Waals surface area contributed by atoms with E-state index in [9.17, 15) is 4.79 Å². The van der Waals surface area contributed by atoms with Crippen LogP contribution < -0.4 is 4.74 Å². The van der Waals surface area contributed by atoms with E-state index in [0.717, 1.165) is 24.2 Å². The Morgan fingerprint density at radius 1 is 0.769 bits per heavy atom. The van der Waals surface area contributed by atoms with Crippen LogP contribution in [0.2, 0.25) is 0 Å². The third-order valence-corrected chi connectivity index (χ3v) is 4.79. The van der Waals surface area contributed by atoms with Crippen molar-refractivity contribution in [2.75, 3.05) is 7.11 Å². The van der Waals surface area contributed by atoms with Gasteiger partial charge in [-0.3, -0.25) is 4.79 Å². The van der Waals surface area contributed by atoms with Crippen molar-refractivity contribution in [2.24, 2.45) is 0 Å². The van der Waals surface area contributed by atoms with Gasteiger partial charge < -0.3 is 9.47 Å². The van der Waals surface area contributed by atoms with E-state index < -0.39 is 0 Å². The summed E-state index contributed by atoms with van der Waals surface area (Å²) in [7, 11) is 1.64. The molecule has 0 saturated carbocycles. The van der Waals surface area contributed by atoms with Crippen molar-refractivity contribution >= 4 is 5.97 Å². The maximum absolute atomic E-state index is 11.8. The van der Waals surface area contributed by atoms with Crippen LogP contribution in [0, 0.1) is 0 Å². The summed E-state index contributed by atoms with van der Waals surface area (Å²) >= 11 is 0. The molecular formula is C23H38O3. The van der Waals surface area contributed by atoms with Gasteiger partial charge in [-0.15, -0.1) is 0 Å². The lowest BCUT2D eigenvalue weighted by Crippen LogP contribution is -2.04. The first-order valence-electron chi connectivity index (χ1n) is 10.5. The molecule has 1 aromatic carbocycles. The van der Waals surface area contributed by atoms with Gasteiger partial charge in [0.25, 0.3) is 0 Å². The molecule has 1 rings (SSSR count). The second-order valence-electron chi connectivity index (χ2n) is 7.15. The van der Waals surface area contributed by atoms with E-state index in [1.807, 2.05) is 24.3 Å². The van der Waals surface area contributed by atoms with Gasteiger partial charge in [0.15, 0.2) is 0 Å². The minimum atomic E-state index is -0.0899. The first kappa shape index (κ1) is 22.5. The molecule has 0 fully saturated rings. The van der Waals surface area contributed by atoms with Crippen LogP contribution in [-0.2, 0) is 16.1 Å². The zero-order valence-corrected chi connectivity index (χ0v) is 16.9. The molecule has 1 aromatic rings. The summed E-state index contributed by atoms with van der Waals surface area (Å²) in [5.41, 5.74) is 0.994. The van der Waals surface area contributed by atoms with Crippen molar-refractivity contribution in [3.05, 3.63) is 29.8 Å². The topological polar surface area (TPSA) is 35.5 Å². The average Bonchev–Trinajstić information content (AvgIpc) is 2.67. The molecule has 0 aliphatic carbocycles. The van der Waals surface area contributed by atoms with Crippen molar-refractivity contribution in [3.63, 3.8) is 0 Å². The van der Waals surface area contributed by atoms with E-state index in [1.165, 1.54) is 64.2 Å². The van der Waals surface area contributed by atoms with Crippen LogP contribution in [0.15, 0.2) is 24.3 Å². The van der Waals surface area contributed by atoms with Gasteiger partial charge in [0, 0.05) is 6.42 Å². The van der Waals surface area contributed by atoms with Gasteiger partial charge in [-0.2, -0.15) is 0 Å². The minimum Gasteiger partial charge on any atom is -0.497 e. The van der Waals surface area contributed by atoms with E-state index in [4.69, 9.17) is 9.47 Å². The van der Waals surface area contributed by atoms with E-state index in [-0.39, 0.29) is 5.97 Å². The van der Waals surface area contributed by atoms with Crippen molar-refractivity contribution < 1.29 is 14.3 Å². The van der Waals surface area contributed by atoms with E-state index in [1.54, 1.807) is 7.11 Å². The Bertz CT molecular complexity index is 453. The number of rotatable bonds is 16. The summed E-state index contributed by atoms with van der Waals surface area (Å²) in [6.45, 7) is 2.61. The highest BCUT2D eigenvalue weighted by Crippen LogP contribution is 2.14. The number of carbonyl (C=O) groups excluding carboxylic acids is 1. The molecule has 0 saturated heterocycles. The predicted octanol–water partition coefficient (Wildman–Crippen LogP) is 6.83. The maximum Gasteiger partial charge on any atom is 0.306 e.